The Kier molecular flexibility index (Phi) is 5.03. The fourth-order valence-corrected chi connectivity index (χ4v) is 2.11. The molecule has 0 aliphatic heterocycles. The Balaban J connectivity index is 1.99. The number of carbonyl (C=O) groups is 1. The highest BCUT2D eigenvalue weighted by Gasteiger charge is 2.10. The third-order valence-corrected chi connectivity index (χ3v) is 3.50. The zero-order valence-electron chi connectivity index (χ0n) is 10.7. The second-order valence-electron chi connectivity index (χ2n) is 4.12. The van der Waals surface area contributed by atoms with Crippen molar-refractivity contribution in [2.75, 3.05) is 17.7 Å². The summed E-state index contributed by atoms with van der Waals surface area (Å²) in [6.07, 6.45) is 0. The normalized spacial score (nSPS) is 10.2. The molecule has 21 heavy (non-hydrogen) atoms. The van der Waals surface area contributed by atoms with Crippen LogP contribution in [0, 0.1) is 5.82 Å². The Morgan fingerprint density at radius 1 is 1.38 bits per heavy atom. The van der Waals surface area contributed by atoms with E-state index in [-0.39, 0.29) is 22.5 Å². The van der Waals surface area contributed by atoms with Gasteiger partial charge in [0.15, 0.2) is 6.61 Å². The minimum atomic E-state index is -0.522. The summed E-state index contributed by atoms with van der Waals surface area (Å²) in [5.41, 5.74) is 6.38. The van der Waals surface area contributed by atoms with Crippen LogP contribution in [0.2, 0.25) is 5.02 Å². The molecule has 0 atom stereocenters. The molecule has 0 aromatic heterocycles. The first-order valence-corrected chi connectivity index (χ1v) is 7.06. The molecule has 2 aromatic rings. The van der Waals surface area contributed by atoms with Gasteiger partial charge in [0.2, 0.25) is 0 Å². The molecule has 0 saturated carbocycles. The molecule has 110 valence electrons. The molecule has 1 amide bonds. The van der Waals surface area contributed by atoms with E-state index in [2.05, 4.69) is 21.2 Å². The van der Waals surface area contributed by atoms with E-state index >= 15 is 0 Å². The maximum absolute atomic E-state index is 13.4. The van der Waals surface area contributed by atoms with Crippen LogP contribution in [0.1, 0.15) is 0 Å². The van der Waals surface area contributed by atoms with Crippen LogP contribution in [-0.2, 0) is 4.79 Å². The predicted molar refractivity (Wildman–Crippen MR) is 84.1 cm³/mol. The summed E-state index contributed by atoms with van der Waals surface area (Å²) in [7, 11) is 0. The molecule has 0 unspecified atom stereocenters. The van der Waals surface area contributed by atoms with E-state index in [0.717, 1.165) is 6.07 Å². The first kappa shape index (κ1) is 15.6. The topological polar surface area (TPSA) is 64.3 Å². The van der Waals surface area contributed by atoms with Gasteiger partial charge >= 0.3 is 0 Å². The molecule has 0 aliphatic rings. The number of nitrogens with one attached hydrogen (secondary N) is 1. The Hall–Kier alpha value is -1.79. The Morgan fingerprint density at radius 3 is 2.81 bits per heavy atom. The van der Waals surface area contributed by atoms with E-state index in [9.17, 15) is 9.18 Å². The standard InChI is InChI=1S/C14H11BrClFN2O2/c15-8-5-11(18)13(6-10(8)17)21-7-14(20)19-12-4-2-1-3-9(12)16/h1-6H,7,18H2,(H,19,20). The SMILES string of the molecule is Nc1cc(Br)c(F)cc1OCC(=O)Nc1ccccc1Cl. The van der Waals surface area contributed by atoms with Gasteiger partial charge in [-0.15, -0.1) is 0 Å². The summed E-state index contributed by atoms with van der Waals surface area (Å²) in [5.74, 6) is -0.846. The van der Waals surface area contributed by atoms with Gasteiger partial charge in [-0.05, 0) is 34.1 Å². The van der Waals surface area contributed by atoms with E-state index < -0.39 is 11.7 Å². The first-order valence-electron chi connectivity index (χ1n) is 5.89. The maximum atomic E-state index is 13.4. The number of nitrogen functional groups attached to an aromatic ring is 1. The van der Waals surface area contributed by atoms with E-state index in [4.69, 9.17) is 22.1 Å². The molecule has 4 nitrogen and oxygen atoms in total. The largest absolute Gasteiger partial charge is 0.481 e. The fourth-order valence-electron chi connectivity index (χ4n) is 1.56. The van der Waals surface area contributed by atoms with E-state index in [1.165, 1.54) is 6.07 Å². The summed E-state index contributed by atoms with van der Waals surface area (Å²) in [5, 5.41) is 3.00. The van der Waals surface area contributed by atoms with Gasteiger partial charge in [-0.3, -0.25) is 4.79 Å². The lowest BCUT2D eigenvalue weighted by Crippen LogP contribution is -2.20. The molecule has 3 N–H and O–H groups in total. The van der Waals surface area contributed by atoms with Crippen molar-refractivity contribution in [3.8, 4) is 5.75 Å². The fraction of sp³-hybridized carbons (Fsp3) is 0.0714. The van der Waals surface area contributed by atoms with Crippen LogP contribution >= 0.6 is 27.5 Å². The molecule has 0 aliphatic carbocycles. The molecule has 0 bridgehead atoms. The van der Waals surface area contributed by atoms with Crippen LogP contribution in [-0.4, -0.2) is 12.5 Å². The Labute approximate surface area is 134 Å². The van der Waals surface area contributed by atoms with Crippen LogP contribution in [0.15, 0.2) is 40.9 Å². The zero-order chi connectivity index (χ0) is 15.4. The highest BCUT2D eigenvalue weighted by atomic mass is 79.9. The van der Waals surface area contributed by atoms with Crippen molar-refractivity contribution in [1.29, 1.82) is 0 Å². The van der Waals surface area contributed by atoms with Crippen LogP contribution in [0.5, 0.6) is 5.75 Å². The lowest BCUT2D eigenvalue weighted by atomic mass is 10.3. The van der Waals surface area contributed by atoms with E-state index in [1.54, 1.807) is 24.3 Å². The molecule has 2 aromatic carbocycles. The Morgan fingerprint density at radius 2 is 2.10 bits per heavy atom. The number of benzene rings is 2. The lowest BCUT2D eigenvalue weighted by Gasteiger charge is -2.10. The first-order chi connectivity index (χ1) is 9.97. The molecule has 0 heterocycles. The average Bonchev–Trinajstić information content (AvgIpc) is 2.44. The van der Waals surface area contributed by atoms with Crippen LogP contribution in [0.4, 0.5) is 15.8 Å². The smallest absolute Gasteiger partial charge is 0.262 e. The number of carbonyl (C=O) groups excluding carboxylic acids is 1. The highest BCUT2D eigenvalue weighted by Crippen LogP contribution is 2.28. The number of hydrogen-bond donors (Lipinski definition) is 2. The monoisotopic (exact) mass is 372 g/mol. The molecule has 0 fully saturated rings. The minimum absolute atomic E-state index is 0.102. The number of hydrogen-bond acceptors (Lipinski definition) is 3. The molecule has 2 rings (SSSR count). The summed E-state index contributed by atoms with van der Waals surface area (Å²) < 4.78 is 18.8. The number of amides is 1. The van der Waals surface area contributed by atoms with E-state index in [0.29, 0.717) is 10.7 Å². The number of halogens is 3. The summed E-state index contributed by atoms with van der Waals surface area (Å²) >= 11 is 8.93. The van der Waals surface area contributed by atoms with Crippen LogP contribution < -0.4 is 15.8 Å². The number of ether oxygens (including phenoxy) is 1. The molecular formula is C14H11BrClFN2O2. The number of anilines is 2. The van der Waals surface area contributed by atoms with Crippen molar-refractivity contribution in [2.45, 2.75) is 0 Å². The van der Waals surface area contributed by atoms with Crippen molar-refractivity contribution < 1.29 is 13.9 Å². The number of nitrogens with two attached hydrogens (primary N) is 1. The van der Waals surface area contributed by atoms with Crippen molar-refractivity contribution in [2.24, 2.45) is 0 Å². The number of para-hydroxylation sites is 1. The molecular weight excluding hydrogens is 363 g/mol. The van der Waals surface area contributed by atoms with E-state index in [1.807, 2.05) is 0 Å². The van der Waals surface area contributed by atoms with Gasteiger partial charge in [0.05, 0.1) is 20.9 Å². The van der Waals surface area contributed by atoms with Gasteiger partial charge in [-0.25, -0.2) is 4.39 Å². The van der Waals surface area contributed by atoms with Crippen molar-refractivity contribution in [3.63, 3.8) is 0 Å². The van der Waals surface area contributed by atoms with Gasteiger partial charge in [0, 0.05) is 6.07 Å². The summed E-state index contributed by atoms with van der Waals surface area (Å²) in [4.78, 5) is 11.8. The maximum Gasteiger partial charge on any atom is 0.262 e. The lowest BCUT2D eigenvalue weighted by molar-refractivity contribution is -0.118. The number of rotatable bonds is 4. The van der Waals surface area contributed by atoms with Gasteiger partial charge in [-0.2, -0.15) is 0 Å². The van der Waals surface area contributed by atoms with Crippen LogP contribution in [0.25, 0.3) is 0 Å². The predicted octanol–water partition coefficient (Wildman–Crippen LogP) is 3.84. The average molecular weight is 374 g/mol. The second-order valence-corrected chi connectivity index (χ2v) is 5.38. The summed E-state index contributed by atoms with van der Waals surface area (Å²) in [6.45, 7) is -0.309. The van der Waals surface area contributed by atoms with Gasteiger partial charge in [-0.1, -0.05) is 23.7 Å². The second kappa shape index (κ2) is 6.78. The highest BCUT2D eigenvalue weighted by molar-refractivity contribution is 9.10. The summed E-state index contributed by atoms with van der Waals surface area (Å²) in [6, 6.07) is 9.29. The quantitative estimate of drug-likeness (QED) is 0.800. The van der Waals surface area contributed by atoms with Crippen molar-refractivity contribution in [3.05, 3.63) is 51.7 Å². The molecule has 0 saturated heterocycles. The van der Waals surface area contributed by atoms with Gasteiger partial charge in [0.1, 0.15) is 11.6 Å². The molecule has 0 spiro atoms. The third-order valence-electron chi connectivity index (χ3n) is 2.56. The van der Waals surface area contributed by atoms with Gasteiger partial charge in [0.25, 0.3) is 5.91 Å². The Bertz CT molecular complexity index is 682. The third kappa shape index (κ3) is 4.09. The van der Waals surface area contributed by atoms with Crippen LogP contribution in [0.3, 0.4) is 0 Å². The van der Waals surface area contributed by atoms with Crippen molar-refractivity contribution in [1.82, 2.24) is 0 Å². The zero-order valence-corrected chi connectivity index (χ0v) is 13.0. The minimum Gasteiger partial charge on any atom is -0.481 e. The van der Waals surface area contributed by atoms with Gasteiger partial charge < -0.3 is 15.8 Å². The van der Waals surface area contributed by atoms with Crippen molar-refractivity contribution >= 4 is 44.8 Å². The molecule has 7 heteroatoms. The molecule has 0 radical (unpaired) electrons.